The first-order valence-corrected chi connectivity index (χ1v) is 4.25. The monoisotopic (exact) mass is 158 g/mol. The predicted molar refractivity (Wildman–Crippen MR) is 42.3 cm³/mol. The lowest BCUT2D eigenvalue weighted by Gasteiger charge is -2.22. The maximum absolute atomic E-state index is 13.9. The Bertz CT molecular complexity index is 173. The Labute approximate surface area is 66.8 Å². The highest BCUT2D eigenvalue weighted by Crippen LogP contribution is 2.37. The SMILES string of the molecule is CC1CC2(F)CNCC2N1C. The van der Waals surface area contributed by atoms with Crippen LogP contribution in [0.4, 0.5) is 4.39 Å². The van der Waals surface area contributed by atoms with E-state index in [9.17, 15) is 4.39 Å². The summed E-state index contributed by atoms with van der Waals surface area (Å²) in [6.45, 7) is 3.46. The fraction of sp³-hybridized carbons (Fsp3) is 1.00. The lowest BCUT2D eigenvalue weighted by molar-refractivity contribution is 0.152. The lowest BCUT2D eigenvalue weighted by atomic mass is 9.99. The van der Waals surface area contributed by atoms with Gasteiger partial charge < -0.3 is 5.32 Å². The van der Waals surface area contributed by atoms with Crippen molar-refractivity contribution >= 4 is 0 Å². The van der Waals surface area contributed by atoms with Crippen LogP contribution in [-0.2, 0) is 0 Å². The molecule has 2 fully saturated rings. The van der Waals surface area contributed by atoms with Crippen LogP contribution in [0.1, 0.15) is 13.3 Å². The molecule has 0 aromatic carbocycles. The van der Waals surface area contributed by atoms with Gasteiger partial charge in [0.1, 0.15) is 5.67 Å². The topological polar surface area (TPSA) is 15.3 Å². The second kappa shape index (κ2) is 2.17. The van der Waals surface area contributed by atoms with Crippen molar-refractivity contribution in [3.8, 4) is 0 Å². The Hall–Kier alpha value is -0.150. The van der Waals surface area contributed by atoms with Crippen molar-refractivity contribution in [2.75, 3.05) is 20.1 Å². The van der Waals surface area contributed by atoms with E-state index < -0.39 is 5.67 Å². The zero-order valence-electron chi connectivity index (χ0n) is 7.10. The van der Waals surface area contributed by atoms with Crippen LogP contribution in [0.5, 0.6) is 0 Å². The normalized spacial score (nSPS) is 51.5. The first kappa shape index (κ1) is 7.50. The number of likely N-dealkylation sites (N-methyl/N-ethyl adjacent to an activating group) is 1. The molecule has 0 aliphatic carbocycles. The van der Waals surface area contributed by atoms with Crippen molar-refractivity contribution in [2.45, 2.75) is 31.1 Å². The van der Waals surface area contributed by atoms with E-state index in [4.69, 9.17) is 0 Å². The molecule has 2 saturated heterocycles. The van der Waals surface area contributed by atoms with E-state index in [2.05, 4.69) is 17.1 Å². The van der Waals surface area contributed by atoms with Crippen molar-refractivity contribution in [1.82, 2.24) is 10.2 Å². The standard InChI is InChI=1S/C8H15FN2/c1-6-3-8(9)5-10-4-7(8)11(6)2/h6-7,10H,3-5H2,1-2H3. The molecule has 2 rings (SSSR count). The van der Waals surface area contributed by atoms with Gasteiger partial charge in [-0.15, -0.1) is 0 Å². The van der Waals surface area contributed by atoms with Crippen molar-refractivity contribution in [1.29, 1.82) is 0 Å². The van der Waals surface area contributed by atoms with Crippen LogP contribution in [0, 0.1) is 0 Å². The minimum absolute atomic E-state index is 0.123. The number of hydrogen-bond donors (Lipinski definition) is 1. The Balaban J connectivity index is 2.21. The molecule has 1 N–H and O–H groups in total. The Morgan fingerprint density at radius 3 is 3.00 bits per heavy atom. The molecule has 0 bridgehead atoms. The molecular weight excluding hydrogens is 143 g/mol. The third-order valence-corrected chi connectivity index (χ3v) is 3.18. The van der Waals surface area contributed by atoms with Crippen molar-refractivity contribution < 1.29 is 4.39 Å². The maximum atomic E-state index is 13.9. The zero-order valence-corrected chi connectivity index (χ0v) is 7.10. The van der Waals surface area contributed by atoms with E-state index in [1.165, 1.54) is 0 Å². The largest absolute Gasteiger partial charge is 0.312 e. The summed E-state index contributed by atoms with van der Waals surface area (Å²) < 4.78 is 13.9. The van der Waals surface area contributed by atoms with Gasteiger partial charge in [-0.1, -0.05) is 0 Å². The first-order chi connectivity index (χ1) is 5.13. The van der Waals surface area contributed by atoms with Gasteiger partial charge >= 0.3 is 0 Å². The van der Waals surface area contributed by atoms with Crippen LogP contribution < -0.4 is 5.32 Å². The summed E-state index contributed by atoms with van der Waals surface area (Å²) in [5.74, 6) is 0. The molecule has 2 aliphatic heterocycles. The average Bonchev–Trinajstić information content (AvgIpc) is 2.36. The molecular formula is C8H15FN2. The molecule has 11 heavy (non-hydrogen) atoms. The summed E-state index contributed by atoms with van der Waals surface area (Å²) in [6.07, 6.45) is 0.696. The summed E-state index contributed by atoms with van der Waals surface area (Å²) in [4.78, 5) is 2.15. The predicted octanol–water partition coefficient (Wildman–Crippen LogP) is 0.390. The number of nitrogens with zero attached hydrogens (tertiary/aromatic N) is 1. The molecule has 2 nitrogen and oxygen atoms in total. The molecule has 0 saturated carbocycles. The Kier molecular flexibility index (Phi) is 1.48. The van der Waals surface area contributed by atoms with Gasteiger partial charge in [0.15, 0.2) is 0 Å². The number of rotatable bonds is 0. The van der Waals surface area contributed by atoms with Crippen LogP contribution in [0.15, 0.2) is 0 Å². The number of fused-ring (bicyclic) bond motifs is 1. The average molecular weight is 158 g/mol. The molecule has 0 aromatic rings. The van der Waals surface area contributed by atoms with Crippen LogP contribution in [0.3, 0.4) is 0 Å². The van der Waals surface area contributed by atoms with E-state index in [1.807, 2.05) is 7.05 Å². The van der Waals surface area contributed by atoms with Crippen molar-refractivity contribution in [3.63, 3.8) is 0 Å². The van der Waals surface area contributed by atoms with Crippen molar-refractivity contribution in [2.24, 2.45) is 0 Å². The summed E-state index contributed by atoms with van der Waals surface area (Å²) in [5, 5.41) is 3.10. The first-order valence-electron chi connectivity index (χ1n) is 4.25. The molecule has 0 spiro atoms. The van der Waals surface area contributed by atoms with Gasteiger partial charge in [0.25, 0.3) is 0 Å². The molecule has 0 aromatic heterocycles. The van der Waals surface area contributed by atoms with Gasteiger partial charge in [0, 0.05) is 19.1 Å². The molecule has 3 atom stereocenters. The van der Waals surface area contributed by atoms with Gasteiger partial charge in [0.05, 0.1) is 6.04 Å². The smallest absolute Gasteiger partial charge is 0.141 e. The van der Waals surface area contributed by atoms with E-state index in [0.29, 0.717) is 19.0 Å². The van der Waals surface area contributed by atoms with Gasteiger partial charge in [-0.25, -0.2) is 4.39 Å². The second-order valence-electron chi connectivity index (χ2n) is 3.90. The molecule has 0 radical (unpaired) electrons. The van der Waals surface area contributed by atoms with Gasteiger partial charge in [-0.3, -0.25) is 4.90 Å². The fourth-order valence-electron chi connectivity index (χ4n) is 2.38. The highest BCUT2D eigenvalue weighted by Gasteiger charge is 2.52. The molecule has 3 unspecified atom stereocenters. The van der Waals surface area contributed by atoms with Crippen molar-refractivity contribution in [3.05, 3.63) is 0 Å². The molecule has 0 amide bonds. The van der Waals surface area contributed by atoms with E-state index in [-0.39, 0.29) is 6.04 Å². The fourth-order valence-corrected chi connectivity index (χ4v) is 2.38. The van der Waals surface area contributed by atoms with Crippen LogP contribution >= 0.6 is 0 Å². The summed E-state index contributed by atoms with van der Waals surface area (Å²) >= 11 is 0. The number of alkyl halides is 1. The zero-order chi connectivity index (χ0) is 8.06. The summed E-state index contributed by atoms with van der Waals surface area (Å²) in [6, 6.07) is 0.532. The Morgan fingerprint density at radius 1 is 1.64 bits per heavy atom. The third-order valence-electron chi connectivity index (χ3n) is 3.18. The van der Waals surface area contributed by atoms with E-state index in [1.54, 1.807) is 0 Å². The van der Waals surface area contributed by atoms with Crippen LogP contribution in [0.25, 0.3) is 0 Å². The number of nitrogens with one attached hydrogen (secondary N) is 1. The number of likely N-dealkylation sites (tertiary alicyclic amines) is 1. The van der Waals surface area contributed by atoms with Crippen LogP contribution in [-0.4, -0.2) is 42.8 Å². The Morgan fingerprint density at radius 2 is 2.36 bits per heavy atom. The highest BCUT2D eigenvalue weighted by molar-refractivity contribution is 5.08. The molecule has 64 valence electrons. The third kappa shape index (κ3) is 0.908. The van der Waals surface area contributed by atoms with Crippen LogP contribution in [0.2, 0.25) is 0 Å². The number of halogens is 1. The molecule has 2 heterocycles. The quantitative estimate of drug-likeness (QED) is 0.548. The van der Waals surface area contributed by atoms with Gasteiger partial charge in [-0.2, -0.15) is 0 Å². The van der Waals surface area contributed by atoms with E-state index in [0.717, 1.165) is 6.54 Å². The summed E-state index contributed by atoms with van der Waals surface area (Å²) in [7, 11) is 2.02. The lowest BCUT2D eigenvalue weighted by Crippen LogP contribution is -2.39. The van der Waals surface area contributed by atoms with Gasteiger partial charge in [0.2, 0.25) is 0 Å². The van der Waals surface area contributed by atoms with E-state index >= 15 is 0 Å². The maximum Gasteiger partial charge on any atom is 0.141 e. The minimum Gasteiger partial charge on any atom is -0.312 e. The minimum atomic E-state index is -0.936. The summed E-state index contributed by atoms with van der Waals surface area (Å²) in [5.41, 5.74) is -0.936. The molecule has 3 heteroatoms. The highest BCUT2D eigenvalue weighted by atomic mass is 19.1. The van der Waals surface area contributed by atoms with Gasteiger partial charge in [-0.05, 0) is 20.4 Å². The molecule has 2 aliphatic rings. The number of hydrogen-bond acceptors (Lipinski definition) is 2. The second-order valence-corrected chi connectivity index (χ2v) is 3.90.